The summed E-state index contributed by atoms with van der Waals surface area (Å²) in [6, 6.07) is 19.5. The van der Waals surface area contributed by atoms with Crippen LogP contribution in [0.4, 0.5) is 21.9 Å². The summed E-state index contributed by atoms with van der Waals surface area (Å²) in [5.74, 6) is 0.572. The third-order valence-electron chi connectivity index (χ3n) is 5.96. The van der Waals surface area contributed by atoms with Crippen LogP contribution in [0, 0.1) is 5.41 Å². The Morgan fingerprint density at radius 1 is 1.03 bits per heavy atom. The number of fused-ring (bicyclic) bond motifs is 1. The summed E-state index contributed by atoms with van der Waals surface area (Å²) in [5, 5.41) is 6.47. The zero-order valence-electron chi connectivity index (χ0n) is 18.1. The van der Waals surface area contributed by atoms with Crippen LogP contribution in [0.15, 0.2) is 88.7 Å². The van der Waals surface area contributed by atoms with Gasteiger partial charge >= 0.3 is 6.03 Å². The molecule has 0 fully saturated rings. The molecule has 32 heavy (non-hydrogen) atoms. The molecular weight excluding hydrogens is 402 g/mol. The van der Waals surface area contributed by atoms with Crippen LogP contribution in [0.25, 0.3) is 0 Å². The van der Waals surface area contributed by atoms with Gasteiger partial charge in [0.25, 0.3) is 0 Å². The Kier molecular flexibility index (Phi) is 4.85. The number of hydrogen-bond donors (Lipinski definition) is 2. The van der Waals surface area contributed by atoms with Crippen LogP contribution in [-0.4, -0.2) is 11.8 Å². The van der Waals surface area contributed by atoms with Crippen LogP contribution >= 0.6 is 0 Å². The normalized spacial score (nSPS) is 19.5. The van der Waals surface area contributed by atoms with Crippen LogP contribution in [0.2, 0.25) is 0 Å². The zero-order valence-corrected chi connectivity index (χ0v) is 18.1. The summed E-state index contributed by atoms with van der Waals surface area (Å²) < 4.78 is 5.79. The average molecular weight is 428 g/mol. The van der Waals surface area contributed by atoms with E-state index in [1.807, 2.05) is 60.7 Å². The van der Waals surface area contributed by atoms with E-state index in [0.29, 0.717) is 35.5 Å². The standard InChI is InChI=1S/C26H25N3O3/c1-26(2)15-19-23(21(30)16-26)24(22-13-8-14-32-22)29(20-12-7-6-11-18(20)28-19)25(31)27-17-9-4-3-5-10-17/h3-14,24,28H,15-16H2,1-2H3,(H,27,31)/t24-/m1/s1. The summed E-state index contributed by atoms with van der Waals surface area (Å²) in [7, 11) is 0. The van der Waals surface area contributed by atoms with E-state index in [1.165, 1.54) is 0 Å². The summed E-state index contributed by atoms with van der Waals surface area (Å²) in [6.07, 6.45) is 2.69. The van der Waals surface area contributed by atoms with Gasteiger partial charge in [-0.25, -0.2) is 4.79 Å². The first-order valence-corrected chi connectivity index (χ1v) is 10.7. The maximum atomic E-state index is 13.7. The number of ketones is 1. The summed E-state index contributed by atoms with van der Waals surface area (Å²) in [4.78, 5) is 28.8. The van der Waals surface area contributed by atoms with Gasteiger partial charge in [-0.05, 0) is 48.2 Å². The molecule has 2 N–H and O–H groups in total. The molecule has 1 atom stereocenters. The third-order valence-corrected chi connectivity index (χ3v) is 5.96. The second-order valence-electron chi connectivity index (χ2n) is 9.06. The van der Waals surface area contributed by atoms with Gasteiger partial charge in [-0.15, -0.1) is 0 Å². The second-order valence-corrected chi connectivity index (χ2v) is 9.06. The molecule has 0 unspecified atom stereocenters. The molecule has 2 aliphatic rings. The first-order chi connectivity index (χ1) is 15.4. The third kappa shape index (κ3) is 3.58. The lowest BCUT2D eigenvalue weighted by Gasteiger charge is -2.36. The molecular formula is C26H25N3O3. The number of Topliss-reactive ketones (excluding diaryl/α,β-unsaturated/α-hetero) is 1. The van der Waals surface area contributed by atoms with Crippen molar-refractivity contribution >= 4 is 28.9 Å². The predicted octanol–water partition coefficient (Wildman–Crippen LogP) is 6.13. The van der Waals surface area contributed by atoms with Crippen molar-refractivity contribution in [2.45, 2.75) is 32.7 Å². The highest BCUT2D eigenvalue weighted by atomic mass is 16.3. The van der Waals surface area contributed by atoms with Gasteiger partial charge in [0.2, 0.25) is 0 Å². The van der Waals surface area contributed by atoms with E-state index >= 15 is 0 Å². The number of allylic oxidation sites excluding steroid dienone is 1. The monoisotopic (exact) mass is 427 g/mol. The average Bonchev–Trinajstić information content (AvgIpc) is 3.23. The first-order valence-electron chi connectivity index (χ1n) is 10.7. The second kappa shape index (κ2) is 7.71. The Morgan fingerprint density at radius 2 is 1.78 bits per heavy atom. The van der Waals surface area contributed by atoms with Crippen molar-refractivity contribution in [1.29, 1.82) is 0 Å². The number of urea groups is 1. The topological polar surface area (TPSA) is 74.6 Å². The quantitative estimate of drug-likeness (QED) is 0.516. The maximum absolute atomic E-state index is 13.7. The molecule has 162 valence electrons. The van der Waals surface area contributed by atoms with Crippen molar-refractivity contribution in [2.24, 2.45) is 5.41 Å². The van der Waals surface area contributed by atoms with Gasteiger partial charge in [-0.1, -0.05) is 44.2 Å². The predicted molar refractivity (Wildman–Crippen MR) is 125 cm³/mol. The molecule has 1 aromatic heterocycles. The van der Waals surface area contributed by atoms with Crippen molar-refractivity contribution in [2.75, 3.05) is 15.5 Å². The number of amides is 2. The number of nitrogens with zero attached hydrogens (tertiary/aromatic N) is 1. The van der Waals surface area contributed by atoms with Gasteiger partial charge in [0, 0.05) is 23.4 Å². The number of para-hydroxylation sites is 3. The lowest BCUT2D eigenvalue weighted by molar-refractivity contribution is -0.118. The highest BCUT2D eigenvalue weighted by molar-refractivity contribution is 6.09. The fraction of sp³-hybridized carbons (Fsp3) is 0.231. The number of furan rings is 1. The summed E-state index contributed by atoms with van der Waals surface area (Å²) >= 11 is 0. The smallest absolute Gasteiger partial charge is 0.327 e. The highest BCUT2D eigenvalue weighted by Crippen LogP contribution is 2.48. The minimum absolute atomic E-state index is 0.0236. The zero-order chi connectivity index (χ0) is 22.3. The van der Waals surface area contributed by atoms with Gasteiger partial charge in [-0.2, -0.15) is 0 Å². The van der Waals surface area contributed by atoms with Crippen LogP contribution in [0.1, 0.15) is 38.5 Å². The molecule has 0 radical (unpaired) electrons. The number of carbonyl (C=O) groups is 2. The number of rotatable bonds is 2. The molecule has 0 saturated carbocycles. The fourth-order valence-corrected chi connectivity index (χ4v) is 4.63. The SMILES string of the molecule is CC1(C)CC(=O)C2=C(C1)Nc1ccccc1N(C(=O)Nc1ccccc1)[C@@H]2c1ccco1. The molecule has 0 saturated heterocycles. The molecule has 6 nitrogen and oxygen atoms in total. The van der Waals surface area contributed by atoms with Crippen LogP contribution in [0.3, 0.4) is 0 Å². The van der Waals surface area contributed by atoms with Gasteiger partial charge in [0.15, 0.2) is 5.78 Å². The summed E-state index contributed by atoms with van der Waals surface area (Å²) in [6.45, 7) is 4.18. The Bertz CT molecular complexity index is 1200. The highest BCUT2D eigenvalue weighted by Gasteiger charge is 2.44. The molecule has 0 spiro atoms. The summed E-state index contributed by atoms with van der Waals surface area (Å²) in [5.41, 5.74) is 3.39. The first kappa shape index (κ1) is 20.1. The molecule has 2 amide bonds. The minimum Gasteiger partial charge on any atom is -0.467 e. The molecule has 1 aliphatic carbocycles. The molecule has 2 aromatic carbocycles. The Morgan fingerprint density at radius 3 is 2.53 bits per heavy atom. The Labute approximate surface area is 186 Å². The fourth-order valence-electron chi connectivity index (χ4n) is 4.63. The van der Waals surface area contributed by atoms with Gasteiger partial charge in [0.05, 0.1) is 17.6 Å². The molecule has 6 heteroatoms. The van der Waals surface area contributed by atoms with Crippen molar-refractivity contribution in [3.63, 3.8) is 0 Å². The number of anilines is 3. The number of nitrogens with one attached hydrogen (secondary N) is 2. The van der Waals surface area contributed by atoms with Crippen molar-refractivity contribution in [3.05, 3.63) is 90.0 Å². The largest absolute Gasteiger partial charge is 0.467 e. The van der Waals surface area contributed by atoms with E-state index in [2.05, 4.69) is 24.5 Å². The van der Waals surface area contributed by atoms with Gasteiger partial charge in [0.1, 0.15) is 11.8 Å². The van der Waals surface area contributed by atoms with E-state index in [4.69, 9.17) is 4.42 Å². The number of hydrogen-bond acceptors (Lipinski definition) is 4. The van der Waals surface area contributed by atoms with Crippen LogP contribution < -0.4 is 15.5 Å². The Hall–Kier alpha value is -3.80. The van der Waals surface area contributed by atoms with E-state index in [1.54, 1.807) is 17.2 Å². The van der Waals surface area contributed by atoms with Crippen molar-refractivity contribution in [1.82, 2.24) is 0 Å². The molecule has 0 bridgehead atoms. The van der Waals surface area contributed by atoms with E-state index in [0.717, 1.165) is 11.4 Å². The van der Waals surface area contributed by atoms with Gasteiger partial charge < -0.3 is 15.1 Å². The number of carbonyl (C=O) groups excluding carboxylic acids is 2. The lowest BCUT2D eigenvalue weighted by Crippen LogP contribution is -2.41. The van der Waals surface area contributed by atoms with Gasteiger partial charge in [-0.3, -0.25) is 9.69 Å². The van der Waals surface area contributed by atoms with E-state index in [9.17, 15) is 9.59 Å². The molecule has 5 rings (SSSR count). The lowest BCUT2D eigenvalue weighted by atomic mass is 9.74. The Balaban J connectivity index is 1.70. The van der Waals surface area contributed by atoms with E-state index in [-0.39, 0.29) is 17.2 Å². The van der Waals surface area contributed by atoms with Crippen molar-refractivity contribution in [3.8, 4) is 0 Å². The number of benzene rings is 2. The van der Waals surface area contributed by atoms with Crippen LogP contribution in [0.5, 0.6) is 0 Å². The van der Waals surface area contributed by atoms with Crippen molar-refractivity contribution < 1.29 is 14.0 Å². The maximum Gasteiger partial charge on any atom is 0.327 e. The molecule has 3 aromatic rings. The molecule has 1 aliphatic heterocycles. The van der Waals surface area contributed by atoms with E-state index < -0.39 is 6.04 Å². The van der Waals surface area contributed by atoms with Crippen LogP contribution in [-0.2, 0) is 4.79 Å². The minimum atomic E-state index is -0.677. The molecule has 2 heterocycles.